The number of nitrogens with one attached hydrogen (secondary N) is 2. The lowest BCUT2D eigenvalue weighted by molar-refractivity contribution is -0.133. The summed E-state index contributed by atoms with van der Waals surface area (Å²) < 4.78 is 5.76. The number of rotatable bonds is 9. The zero-order valence-corrected chi connectivity index (χ0v) is 21.1. The van der Waals surface area contributed by atoms with Gasteiger partial charge in [-0.05, 0) is 43.6 Å². The summed E-state index contributed by atoms with van der Waals surface area (Å²) >= 11 is 0. The maximum Gasteiger partial charge on any atom is 0.410 e. The van der Waals surface area contributed by atoms with Crippen molar-refractivity contribution in [2.45, 2.75) is 89.1 Å². The smallest absolute Gasteiger partial charge is 0.410 e. The number of carbonyl (C=O) groups is 3. The monoisotopic (exact) mass is 500 g/mol. The fourth-order valence-corrected chi connectivity index (χ4v) is 5.04. The van der Waals surface area contributed by atoms with Crippen molar-refractivity contribution in [2.24, 2.45) is 0 Å². The van der Waals surface area contributed by atoms with Crippen LogP contribution in [0.1, 0.15) is 50.2 Å². The predicted molar refractivity (Wildman–Crippen MR) is 134 cm³/mol. The van der Waals surface area contributed by atoms with Crippen molar-refractivity contribution in [1.29, 1.82) is 0 Å². The second-order valence-electron chi connectivity index (χ2n) is 10.2. The molecule has 2 heterocycles. The molecule has 2 unspecified atom stereocenters. The highest BCUT2D eigenvalue weighted by molar-refractivity contribution is 6.45. The molecule has 1 saturated heterocycles. The number of hydrogen-bond donors (Lipinski definition) is 4. The quantitative estimate of drug-likeness (QED) is 0.367. The second kappa shape index (κ2) is 11.6. The van der Waals surface area contributed by atoms with Gasteiger partial charge in [0.1, 0.15) is 6.10 Å². The van der Waals surface area contributed by atoms with Gasteiger partial charge in [-0.3, -0.25) is 9.59 Å². The van der Waals surface area contributed by atoms with Crippen LogP contribution in [-0.2, 0) is 27.3 Å². The fraction of sp³-hybridized carbons (Fsp3) is 0.640. The number of aliphatic hydroxyl groups excluding tert-OH is 1. The normalized spacial score (nSPS) is 23.4. The van der Waals surface area contributed by atoms with Crippen LogP contribution in [-0.4, -0.2) is 88.2 Å². The average Bonchev–Trinajstić information content (AvgIpc) is 3.58. The highest BCUT2D eigenvalue weighted by Crippen LogP contribution is 2.25. The summed E-state index contributed by atoms with van der Waals surface area (Å²) in [6.45, 7) is 4.73. The summed E-state index contributed by atoms with van der Waals surface area (Å²) in [7, 11) is -0.931. The van der Waals surface area contributed by atoms with Gasteiger partial charge < -0.3 is 35.2 Å². The van der Waals surface area contributed by atoms with E-state index in [1.54, 1.807) is 16.5 Å². The molecule has 10 nitrogen and oxygen atoms in total. The van der Waals surface area contributed by atoms with Gasteiger partial charge in [0.05, 0.1) is 12.1 Å². The lowest BCUT2D eigenvalue weighted by atomic mass is 9.84. The van der Waals surface area contributed by atoms with Crippen LogP contribution in [0, 0.1) is 0 Å². The first-order valence-electron chi connectivity index (χ1n) is 13.0. The number of carbonyl (C=O) groups excluding carboxylic acids is 3. The van der Waals surface area contributed by atoms with E-state index < -0.39 is 49.2 Å². The van der Waals surface area contributed by atoms with Crippen LogP contribution in [0.25, 0.3) is 0 Å². The van der Waals surface area contributed by atoms with Gasteiger partial charge in [0.15, 0.2) is 6.10 Å². The van der Waals surface area contributed by atoms with Gasteiger partial charge in [-0.1, -0.05) is 37.6 Å². The van der Waals surface area contributed by atoms with E-state index in [1.807, 2.05) is 25.1 Å². The molecular formula is C25H37BN4O6. The van der Waals surface area contributed by atoms with Gasteiger partial charge in [-0.2, -0.15) is 0 Å². The number of nitrogens with zero attached hydrogens (tertiary/aromatic N) is 2. The van der Waals surface area contributed by atoms with Crippen molar-refractivity contribution < 1.29 is 29.3 Å². The molecule has 0 spiro atoms. The maximum absolute atomic E-state index is 13.2. The van der Waals surface area contributed by atoms with E-state index in [0.29, 0.717) is 25.9 Å². The van der Waals surface area contributed by atoms with Gasteiger partial charge >= 0.3 is 13.1 Å². The third-order valence-corrected chi connectivity index (χ3v) is 7.24. The Hall–Kier alpha value is -2.63. The third-order valence-electron chi connectivity index (χ3n) is 7.24. The van der Waals surface area contributed by atoms with E-state index in [1.165, 1.54) is 5.56 Å². The van der Waals surface area contributed by atoms with E-state index in [4.69, 9.17) is 4.74 Å². The molecule has 4 N–H and O–H groups in total. The average molecular weight is 500 g/mol. The molecule has 0 bridgehead atoms. The van der Waals surface area contributed by atoms with E-state index in [0.717, 1.165) is 24.8 Å². The van der Waals surface area contributed by atoms with E-state index in [-0.39, 0.29) is 19.0 Å². The Morgan fingerprint density at radius 3 is 2.61 bits per heavy atom. The van der Waals surface area contributed by atoms with Crippen LogP contribution in [0.15, 0.2) is 24.3 Å². The van der Waals surface area contributed by atoms with Crippen molar-refractivity contribution >= 4 is 25.0 Å². The van der Waals surface area contributed by atoms with Gasteiger partial charge in [0.25, 0.3) is 5.91 Å². The predicted octanol–water partition coefficient (Wildman–Crippen LogP) is 0.659. The fourth-order valence-electron chi connectivity index (χ4n) is 5.04. The topological polar surface area (TPSA) is 131 Å². The zero-order chi connectivity index (χ0) is 25.8. The molecule has 2 fully saturated rings. The second-order valence-corrected chi connectivity index (χ2v) is 10.2. The SMILES string of the molecule is CCCC(NC(=O)[C@@H]1C[C@@H](OC(=O)N2CCc3ccccc3C2)CN1B(C)O)C(O)C(=O)NC1CC1. The van der Waals surface area contributed by atoms with Crippen molar-refractivity contribution in [3.63, 3.8) is 0 Å². The standard InChI is InChI=1S/C25H37BN4O6/c1-3-6-20(22(31)24(33)27-18-9-10-18)28-23(32)21-13-19(15-30(21)26(2)35)36-25(34)29-12-11-16-7-4-5-8-17(16)14-29/h4-5,7-8,18-22,31,35H,3,6,9-15H2,1-2H3,(H,27,33)(H,28,32)/t19-,20?,21+,22?/m1/s1. The molecule has 4 atom stereocenters. The van der Waals surface area contributed by atoms with Gasteiger partial charge in [0, 0.05) is 32.1 Å². The number of benzene rings is 1. The molecule has 36 heavy (non-hydrogen) atoms. The molecule has 1 aromatic carbocycles. The minimum atomic E-state index is -1.36. The molecule has 11 heteroatoms. The number of fused-ring (bicyclic) bond motifs is 1. The molecule has 0 radical (unpaired) electrons. The molecule has 1 aliphatic carbocycles. The van der Waals surface area contributed by atoms with Crippen LogP contribution in [0.2, 0.25) is 6.82 Å². The number of ether oxygens (including phenoxy) is 1. The number of amides is 3. The van der Waals surface area contributed by atoms with Crippen LogP contribution in [0.4, 0.5) is 4.79 Å². The summed E-state index contributed by atoms with van der Waals surface area (Å²) in [5, 5.41) is 26.5. The summed E-state index contributed by atoms with van der Waals surface area (Å²) in [6.07, 6.45) is 1.53. The first-order valence-corrected chi connectivity index (χ1v) is 13.0. The molecule has 1 aromatic rings. The molecule has 0 aromatic heterocycles. The van der Waals surface area contributed by atoms with E-state index >= 15 is 0 Å². The first-order chi connectivity index (χ1) is 17.3. The molecular weight excluding hydrogens is 463 g/mol. The molecule has 4 rings (SSSR count). The summed E-state index contributed by atoms with van der Waals surface area (Å²) in [5.41, 5.74) is 2.33. The highest BCUT2D eigenvalue weighted by atomic mass is 16.6. The Morgan fingerprint density at radius 2 is 1.94 bits per heavy atom. The van der Waals surface area contributed by atoms with Gasteiger partial charge in [-0.25, -0.2) is 4.79 Å². The molecule has 3 aliphatic rings. The summed E-state index contributed by atoms with van der Waals surface area (Å²) in [5.74, 6) is -0.886. The van der Waals surface area contributed by atoms with Gasteiger partial charge in [-0.15, -0.1) is 0 Å². The van der Waals surface area contributed by atoms with E-state index in [2.05, 4.69) is 16.7 Å². The van der Waals surface area contributed by atoms with Crippen LogP contribution < -0.4 is 10.6 Å². The van der Waals surface area contributed by atoms with Crippen molar-refractivity contribution in [3.05, 3.63) is 35.4 Å². The number of hydrogen-bond acceptors (Lipinski definition) is 7. The summed E-state index contributed by atoms with van der Waals surface area (Å²) in [4.78, 5) is 41.7. The maximum atomic E-state index is 13.2. The van der Waals surface area contributed by atoms with E-state index in [9.17, 15) is 24.5 Å². The van der Waals surface area contributed by atoms with Crippen LogP contribution in [0.5, 0.6) is 0 Å². The third kappa shape index (κ3) is 6.38. The Bertz CT molecular complexity index is 958. The highest BCUT2D eigenvalue weighted by Gasteiger charge is 2.43. The Balaban J connectivity index is 1.35. The Kier molecular flexibility index (Phi) is 8.53. The largest absolute Gasteiger partial charge is 0.445 e. The van der Waals surface area contributed by atoms with Crippen molar-refractivity contribution in [3.8, 4) is 0 Å². The molecule has 196 valence electrons. The summed E-state index contributed by atoms with van der Waals surface area (Å²) in [6, 6.07) is 6.63. The Morgan fingerprint density at radius 1 is 1.22 bits per heavy atom. The lowest BCUT2D eigenvalue weighted by Gasteiger charge is -2.29. The van der Waals surface area contributed by atoms with Crippen LogP contribution in [0.3, 0.4) is 0 Å². The minimum Gasteiger partial charge on any atom is -0.445 e. The zero-order valence-electron chi connectivity index (χ0n) is 21.1. The van der Waals surface area contributed by atoms with Gasteiger partial charge in [0.2, 0.25) is 5.91 Å². The molecule has 2 aliphatic heterocycles. The van der Waals surface area contributed by atoms with Crippen molar-refractivity contribution in [2.75, 3.05) is 13.1 Å². The van der Waals surface area contributed by atoms with Crippen molar-refractivity contribution in [1.82, 2.24) is 20.3 Å². The van der Waals surface area contributed by atoms with Crippen LogP contribution >= 0.6 is 0 Å². The molecule has 3 amide bonds. The first kappa shape index (κ1) is 26.4. The minimum absolute atomic E-state index is 0.106. The molecule has 1 saturated carbocycles. The Labute approximate surface area is 212 Å². The number of aliphatic hydroxyl groups is 1. The lowest BCUT2D eigenvalue weighted by Crippen LogP contribution is -2.56.